The maximum atomic E-state index is 12.6. The Morgan fingerprint density at radius 2 is 1.89 bits per heavy atom. The summed E-state index contributed by atoms with van der Waals surface area (Å²) in [6, 6.07) is 0.314. The predicted molar refractivity (Wildman–Crippen MR) is 74.4 cm³/mol. The van der Waals surface area contributed by atoms with Crippen molar-refractivity contribution in [1.82, 2.24) is 10.6 Å². The van der Waals surface area contributed by atoms with Gasteiger partial charge in [-0.25, -0.2) is 0 Å². The van der Waals surface area contributed by atoms with Crippen molar-refractivity contribution >= 4 is 5.91 Å². The Hall–Kier alpha value is -0.570. The van der Waals surface area contributed by atoms with E-state index in [1.165, 1.54) is 0 Å². The monoisotopic (exact) mass is 252 g/mol. The van der Waals surface area contributed by atoms with Gasteiger partial charge in [0, 0.05) is 6.04 Å². The van der Waals surface area contributed by atoms with Gasteiger partial charge in [-0.05, 0) is 36.6 Å². The minimum atomic E-state index is -0.288. The lowest BCUT2D eigenvalue weighted by Gasteiger charge is -2.28. The summed E-state index contributed by atoms with van der Waals surface area (Å²) in [6.07, 6.45) is 4.11. The lowest BCUT2D eigenvalue weighted by atomic mass is 9.90. The van der Waals surface area contributed by atoms with Crippen LogP contribution < -0.4 is 10.6 Å². The quantitative estimate of drug-likeness (QED) is 0.807. The van der Waals surface area contributed by atoms with E-state index >= 15 is 0 Å². The zero-order chi connectivity index (χ0) is 13.6. The molecule has 1 atom stereocenters. The van der Waals surface area contributed by atoms with E-state index in [2.05, 4.69) is 45.3 Å². The molecule has 18 heavy (non-hydrogen) atoms. The lowest BCUT2D eigenvalue weighted by Crippen LogP contribution is -2.54. The molecule has 2 N–H and O–H groups in total. The molecule has 104 valence electrons. The number of hydrogen-bond donors (Lipinski definition) is 2. The van der Waals surface area contributed by atoms with E-state index in [-0.39, 0.29) is 22.3 Å². The van der Waals surface area contributed by atoms with E-state index in [0.29, 0.717) is 6.04 Å². The largest absolute Gasteiger partial charge is 0.351 e. The third-order valence-electron chi connectivity index (χ3n) is 5.65. The van der Waals surface area contributed by atoms with Crippen molar-refractivity contribution in [1.29, 1.82) is 0 Å². The van der Waals surface area contributed by atoms with Gasteiger partial charge in [0.05, 0.1) is 5.54 Å². The highest BCUT2D eigenvalue weighted by molar-refractivity contribution is 5.87. The molecule has 0 bridgehead atoms. The second-order valence-electron chi connectivity index (χ2n) is 7.21. The Morgan fingerprint density at radius 1 is 1.28 bits per heavy atom. The van der Waals surface area contributed by atoms with Crippen molar-refractivity contribution in [3.63, 3.8) is 0 Å². The van der Waals surface area contributed by atoms with E-state index in [4.69, 9.17) is 0 Å². The van der Waals surface area contributed by atoms with Gasteiger partial charge in [0.2, 0.25) is 5.91 Å². The first-order valence-corrected chi connectivity index (χ1v) is 7.34. The number of amides is 1. The van der Waals surface area contributed by atoms with Crippen molar-refractivity contribution in [2.45, 2.75) is 71.9 Å². The average molecular weight is 252 g/mol. The van der Waals surface area contributed by atoms with Crippen LogP contribution in [0, 0.1) is 10.8 Å². The molecule has 2 rings (SSSR count). The summed E-state index contributed by atoms with van der Waals surface area (Å²) in [7, 11) is 0. The Kier molecular flexibility index (Phi) is 3.25. The number of carbonyl (C=O) groups excluding carboxylic acids is 1. The fourth-order valence-electron chi connectivity index (χ4n) is 3.58. The van der Waals surface area contributed by atoms with Crippen molar-refractivity contribution in [3.05, 3.63) is 0 Å². The molecule has 2 fully saturated rings. The van der Waals surface area contributed by atoms with Crippen LogP contribution in [0.4, 0.5) is 0 Å². The summed E-state index contributed by atoms with van der Waals surface area (Å²) in [5, 5.41) is 6.75. The van der Waals surface area contributed by atoms with Gasteiger partial charge in [-0.1, -0.05) is 41.0 Å². The van der Waals surface area contributed by atoms with Crippen LogP contribution in [-0.4, -0.2) is 24.0 Å². The highest BCUT2D eigenvalue weighted by atomic mass is 16.2. The molecule has 0 aromatic carbocycles. The minimum absolute atomic E-state index is 0.217. The van der Waals surface area contributed by atoms with Gasteiger partial charge in [-0.3, -0.25) is 4.79 Å². The lowest BCUT2D eigenvalue weighted by molar-refractivity contribution is -0.127. The third-order valence-corrected chi connectivity index (χ3v) is 5.65. The summed E-state index contributed by atoms with van der Waals surface area (Å²) in [6.45, 7) is 12.1. The zero-order valence-electron chi connectivity index (χ0n) is 12.5. The Labute approximate surface area is 111 Å². The molecule has 1 unspecified atom stereocenters. The summed E-state index contributed by atoms with van der Waals surface area (Å²) in [5.41, 5.74) is 0.146. The van der Waals surface area contributed by atoms with E-state index in [9.17, 15) is 4.79 Å². The number of hydrogen-bond acceptors (Lipinski definition) is 2. The molecule has 0 radical (unpaired) electrons. The number of rotatable bonds is 4. The Balaban J connectivity index is 2.04. The molecule has 1 saturated carbocycles. The van der Waals surface area contributed by atoms with Gasteiger partial charge in [0.15, 0.2) is 0 Å². The molecule has 0 spiro atoms. The first kappa shape index (κ1) is 13.9. The van der Waals surface area contributed by atoms with Crippen molar-refractivity contribution in [2.75, 3.05) is 6.54 Å². The predicted octanol–water partition coefficient (Wildman–Crippen LogP) is 2.46. The Morgan fingerprint density at radius 3 is 2.28 bits per heavy atom. The van der Waals surface area contributed by atoms with Crippen molar-refractivity contribution < 1.29 is 4.79 Å². The average Bonchev–Trinajstić information content (AvgIpc) is 2.69. The maximum absolute atomic E-state index is 12.6. The summed E-state index contributed by atoms with van der Waals surface area (Å²) >= 11 is 0. The first-order valence-electron chi connectivity index (χ1n) is 7.34. The second-order valence-corrected chi connectivity index (χ2v) is 7.21. The molecule has 1 amide bonds. The van der Waals surface area contributed by atoms with Crippen LogP contribution in [0.25, 0.3) is 0 Å². The van der Waals surface area contributed by atoms with Crippen molar-refractivity contribution in [3.8, 4) is 0 Å². The van der Waals surface area contributed by atoms with E-state index in [1.54, 1.807) is 0 Å². The fraction of sp³-hybridized carbons (Fsp3) is 0.933. The number of nitrogens with one attached hydrogen (secondary N) is 2. The fourth-order valence-corrected chi connectivity index (χ4v) is 3.58. The molecule has 1 aliphatic carbocycles. The van der Waals surface area contributed by atoms with Crippen molar-refractivity contribution in [2.24, 2.45) is 10.8 Å². The van der Waals surface area contributed by atoms with Gasteiger partial charge in [0.1, 0.15) is 0 Å². The Bertz CT molecular complexity index is 326. The van der Waals surface area contributed by atoms with Gasteiger partial charge < -0.3 is 10.6 Å². The number of carbonyl (C=O) groups is 1. The summed E-state index contributed by atoms with van der Waals surface area (Å²) < 4.78 is 0. The van der Waals surface area contributed by atoms with Crippen LogP contribution in [0.3, 0.4) is 0 Å². The van der Waals surface area contributed by atoms with Crippen LogP contribution >= 0.6 is 0 Å². The second kappa shape index (κ2) is 4.22. The molecular weight excluding hydrogens is 224 g/mol. The molecular formula is C15H28N2O. The summed E-state index contributed by atoms with van der Waals surface area (Å²) in [5.74, 6) is 0.227. The van der Waals surface area contributed by atoms with Crippen LogP contribution in [0.5, 0.6) is 0 Å². The molecule has 3 heteroatoms. The molecule has 1 aliphatic heterocycles. The third kappa shape index (κ3) is 1.87. The minimum Gasteiger partial charge on any atom is -0.351 e. The highest BCUT2D eigenvalue weighted by Crippen LogP contribution is 2.62. The molecule has 1 saturated heterocycles. The van der Waals surface area contributed by atoms with Gasteiger partial charge in [-0.15, -0.1) is 0 Å². The van der Waals surface area contributed by atoms with Crippen LogP contribution in [0.15, 0.2) is 0 Å². The first-order chi connectivity index (χ1) is 8.28. The normalized spacial score (nSPS) is 33.4. The molecule has 0 aromatic heterocycles. The van der Waals surface area contributed by atoms with Gasteiger partial charge in [0.25, 0.3) is 0 Å². The van der Waals surface area contributed by atoms with E-state index in [0.717, 1.165) is 32.2 Å². The maximum Gasteiger partial charge on any atom is 0.240 e. The molecule has 3 nitrogen and oxygen atoms in total. The smallest absolute Gasteiger partial charge is 0.240 e. The molecule has 1 heterocycles. The van der Waals surface area contributed by atoms with Crippen LogP contribution in [-0.2, 0) is 4.79 Å². The van der Waals surface area contributed by atoms with E-state index in [1.807, 2.05) is 0 Å². The highest BCUT2D eigenvalue weighted by Gasteiger charge is 2.66. The molecule has 2 aliphatic rings. The topological polar surface area (TPSA) is 41.1 Å². The summed E-state index contributed by atoms with van der Waals surface area (Å²) in [4.78, 5) is 12.6. The van der Waals surface area contributed by atoms with Gasteiger partial charge >= 0.3 is 0 Å². The zero-order valence-corrected chi connectivity index (χ0v) is 12.5. The van der Waals surface area contributed by atoms with E-state index < -0.39 is 0 Å². The van der Waals surface area contributed by atoms with Crippen LogP contribution in [0.1, 0.15) is 60.3 Å². The SMILES string of the molecule is CCCC1(C(=O)NC2C(C)(C)C2(C)C)CCCN1. The van der Waals surface area contributed by atoms with Crippen LogP contribution in [0.2, 0.25) is 0 Å². The van der Waals surface area contributed by atoms with Gasteiger partial charge in [-0.2, -0.15) is 0 Å². The molecule has 0 aromatic rings. The standard InChI is InChI=1S/C15H28N2O/c1-6-8-15(9-7-10-16-15)12(18)17-11-13(2,3)14(11,4)5/h11,16H,6-10H2,1-5H3,(H,17,18).